The zero-order chi connectivity index (χ0) is 14.7. The first-order valence-corrected chi connectivity index (χ1v) is 7.74. The lowest BCUT2D eigenvalue weighted by Crippen LogP contribution is -2.30. The maximum atomic E-state index is 11.6. The quantitative estimate of drug-likeness (QED) is 0.854. The predicted octanol–water partition coefficient (Wildman–Crippen LogP) is 3.16. The van der Waals surface area contributed by atoms with Crippen LogP contribution in [0.15, 0.2) is 42.5 Å². The van der Waals surface area contributed by atoms with E-state index >= 15 is 0 Å². The normalized spacial score (nSPS) is 15.9. The number of carbonyl (C=O) groups is 1. The molecule has 2 aromatic rings. The lowest BCUT2D eigenvalue weighted by atomic mass is 10.0. The lowest BCUT2D eigenvalue weighted by Gasteiger charge is -2.15. The fraction of sp³-hybridized carbons (Fsp3) is 0.389. The highest BCUT2D eigenvalue weighted by Crippen LogP contribution is 2.20. The Hall–Kier alpha value is -1.87. The summed E-state index contributed by atoms with van der Waals surface area (Å²) >= 11 is 0. The van der Waals surface area contributed by atoms with Gasteiger partial charge in [-0.25, -0.2) is 0 Å². The van der Waals surface area contributed by atoms with Gasteiger partial charge in [0.15, 0.2) is 0 Å². The van der Waals surface area contributed by atoms with E-state index in [2.05, 4.69) is 60.0 Å². The maximum absolute atomic E-state index is 11.6. The zero-order valence-electron chi connectivity index (χ0n) is 12.4. The molecule has 0 aliphatic heterocycles. The third kappa shape index (κ3) is 3.82. The van der Waals surface area contributed by atoms with E-state index in [1.807, 2.05) is 0 Å². The van der Waals surface area contributed by atoms with Gasteiger partial charge in [-0.3, -0.25) is 4.79 Å². The molecular formula is C18H22N2O. The summed E-state index contributed by atoms with van der Waals surface area (Å²) in [6, 6.07) is 15.6. The Labute approximate surface area is 125 Å². The highest BCUT2D eigenvalue weighted by Gasteiger charge is 2.22. The maximum Gasteiger partial charge on any atom is 0.221 e. The van der Waals surface area contributed by atoms with Crippen molar-refractivity contribution in [2.24, 2.45) is 0 Å². The number of rotatable bonds is 6. The molecule has 0 aromatic heterocycles. The number of hydrogen-bond acceptors (Lipinski definition) is 2. The van der Waals surface area contributed by atoms with Crippen LogP contribution in [0.5, 0.6) is 0 Å². The monoisotopic (exact) mass is 282 g/mol. The highest BCUT2D eigenvalue weighted by atomic mass is 16.1. The molecule has 1 amide bonds. The van der Waals surface area contributed by atoms with Gasteiger partial charge >= 0.3 is 0 Å². The second kappa shape index (κ2) is 6.27. The lowest BCUT2D eigenvalue weighted by molar-refractivity contribution is -0.121. The van der Waals surface area contributed by atoms with Crippen LogP contribution in [-0.4, -0.2) is 18.5 Å². The Kier molecular flexibility index (Phi) is 4.20. The van der Waals surface area contributed by atoms with Crippen LogP contribution in [-0.2, 0) is 4.79 Å². The molecule has 2 aromatic carbocycles. The summed E-state index contributed by atoms with van der Waals surface area (Å²) < 4.78 is 0. The fourth-order valence-electron chi connectivity index (χ4n) is 2.52. The van der Waals surface area contributed by atoms with Gasteiger partial charge in [0.25, 0.3) is 0 Å². The minimum absolute atomic E-state index is 0.163. The molecule has 0 saturated heterocycles. The molecule has 1 atom stereocenters. The highest BCUT2D eigenvalue weighted by molar-refractivity contribution is 5.83. The molecule has 3 nitrogen and oxygen atoms in total. The first kappa shape index (κ1) is 14.1. The summed E-state index contributed by atoms with van der Waals surface area (Å²) in [5.41, 5.74) is 1.26. The summed E-state index contributed by atoms with van der Waals surface area (Å²) in [6.07, 6.45) is 2.84. The van der Waals surface area contributed by atoms with Crippen molar-refractivity contribution in [1.82, 2.24) is 10.6 Å². The van der Waals surface area contributed by atoms with Crippen molar-refractivity contribution in [2.75, 3.05) is 6.54 Å². The molecule has 1 unspecified atom stereocenters. The van der Waals surface area contributed by atoms with E-state index in [9.17, 15) is 4.79 Å². The third-order valence-electron chi connectivity index (χ3n) is 4.02. The van der Waals surface area contributed by atoms with Gasteiger partial charge in [-0.1, -0.05) is 36.4 Å². The number of hydrogen-bond donors (Lipinski definition) is 2. The number of fused-ring (bicyclic) bond motifs is 1. The second-order valence-electron chi connectivity index (χ2n) is 5.87. The van der Waals surface area contributed by atoms with Crippen LogP contribution < -0.4 is 10.6 Å². The number of carbonyl (C=O) groups excluding carboxylic acids is 1. The van der Waals surface area contributed by atoms with Crippen LogP contribution in [0.4, 0.5) is 0 Å². The minimum atomic E-state index is 0.163. The molecule has 0 bridgehead atoms. The number of benzene rings is 2. The minimum Gasteiger partial charge on any atom is -0.353 e. The molecule has 0 spiro atoms. The molecule has 1 aliphatic carbocycles. The van der Waals surface area contributed by atoms with E-state index in [1.54, 1.807) is 0 Å². The number of nitrogens with one attached hydrogen (secondary N) is 2. The van der Waals surface area contributed by atoms with Crippen molar-refractivity contribution in [3.05, 3.63) is 48.0 Å². The Bertz CT molecular complexity index is 634. The topological polar surface area (TPSA) is 41.1 Å². The van der Waals surface area contributed by atoms with Crippen molar-refractivity contribution in [2.45, 2.75) is 38.3 Å². The summed E-state index contributed by atoms with van der Waals surface area (Å²) in [7, 11) is 0. The summed E-state index contributed by atoms with van der Waals surface area (Å²) in [5.74, 6) is 0.163. The van der Waals surface area contributed by atoms with E-state index < -0.39 is 0 Å². The van der Waals surface area contributed by atoms with Crippen molar-refractivity contribution in [1.29, 1.82) is 0 Å². The average Bonchev–Trinajstić information content (AvgIpc) is 3.30. The zero-order valence-corrected chi connectivity index (χ0v) is 12.4. The molecular weight excluding hydrogens is 260 g/mol. The molecule has 1 fully saturated rings. The van der Waals surface area contributed by atoms with Gasteiger partial charge in [0.2, 0.25) is 5.91 Å². The van der Waals surface area contributed by atoms with Crippen LogP contribution >= 0.6 is 0 Å². The van der Waals surface area contributed by atoms with Crippen LogP contribution in [0.1, 0.15) is 37.8 Å². The van der Waals surface area contributed by atoms with Gasteiger partial charge < -0.3 is 10.6 Å². The van der Waals surface area contributed by atoms with Gasteiger partial charge in [0.05, 0.1) is 0 Å². The smallest absolute Gasteiger partial charge is 0.221 e. The van der Waals surface area contributed by atoms with Crippen molar-refractivity contribution in [3.63, 3.8) is 0 Å². The predicted molar refractivity (Wildman–Crippen MR) is 86.1 cm³/mol. The summed E-state index contributed by atoms with van der Waals surface area (Å²) in [4.78, 5) is 11.6. The van der Waals surface area contributed by atoms with Crippen molar-refractivity contribution >= 4 is 16.7 Å². The third-order valence-corrected chi connectivity index (χ3v) is 4.02. The van der Waals surface area contributed by atoms with E-state index in [-0.39, 0.29) is 11.9 Å². The molecule has 21 heavy (non-hydrogen) atoms. The van der Waals surface area contributed by atoms with Crippen LogP contribution in [0.3, 0.4) is 0 Å². The van der Waals surface area contributed by atoms with Gasteiger partial charge in [-0.05, 0) is 42.2 Å². The molecule has 3 heteroatoms. The van der Waals surface area contributed by atoms with Gasteiger partial charge in [-0.15, -0.1) is 0 Å². The van der Waals surface area contributed by atoms with Gasteiger partial charge in [0.1, 0.15) is 0 Å². The average molecular weight is 282 g/mol. The number of amides is 1. The van der Waals surface area contributed by atoms with Gasteiger partial charge in [-0.2, -0.15) is 0 Å². The molecule has 1 saturated carbocycles. The van der Waals surface area contributed by atoms with E-state index in [1.165, 1.54) is 16.3 Å². The second-order valence-corrected chi connectivity index (χ2v) is 5.87. The van der Waals surface area contributed by atoms with Crippen molar-refractivity contribution < 1.29 is 4.79 Å². The molecule has 2 N–H and O–H groups in total. The summed E-state index contributed by atoms with van der Waals surface area (Å²) in [6.45, 7) is 2.86. The fourth-order valence-corrected chi connectivity index (χ4v) is 2.52. The van der Waals surface area contributed by atoms with Crippen LogP contribution in [0.25, 0.3) is 10.8 Å². The standard InChI is InChI=1S/C18H22N2O/c1-13(19-11-10-18(21)20-17-8-9-17)15-7-6-14-4-2-3-5-16(14)12-15/h2-7,12-13,17,19H,8-11H2,1H3,(H,20,21). The first-order valence-electron chi connectivity index (χ1n) is 7.74. The Morgan fingerprint density at radius 2 is 1.95 bits per heavy atom. The molecule has 110 valence electrons. The summed E-state index contributed by atoms with van der Waals surface area (Å²) in [5, 5.41) is 8.96. The van der Waals surface area contributed by atoms with E-state index in [0.717, 1.165) is 12.8 Å². The van der Waals surface area contributed by atoms with Crippen LogP contribution in [0, 0.1) is 0 Å². The molecule has 1 aliphatic rings. The Morgan fingerprint density at radius 3 is 2.71 bits per heavy atom. The molecule has 3 rings (SSSR count). The first-order chi connectivity index (χ1) is 10.2. The van der Waals surface area contributed by atoms with Crippen LogP contribution in [0.2, 0.25) is 0 Å². The molecule has 0 heterocycles. The van der Waals surface area contributed by atoms with E-state index in [4.69, 9.17) is 0 Å². The molecule has 0 radical (unpaired) electrons. The van der Waals surface area contributed by atoms with Crippen molar-refractivity contribution in [3.8, 4) is 0 Å². The Morgan fingerprint density at radius 1 is 1.19 bits per heavy atom. The largest absolute Gasteiger partial charge is 0.353 e. The van der Waals surface area contributed by atoms with Gasteiger partial charge in [0, 0.05) is 25.0 Å². The Balaban J connectivity index is 1.53. The van der Waals surface area contributed by atoms with E-state index in [0.29, 0.717) is 19.0 Å². The SMILES string of the molecule is CC(NCCC(=O)NC1CC1)c1ccc2ccccc2c1.